The Labute approximate surface area is 141 Å². The van der Waals surface area contributed by atoms with E-state index in [1.807, 2.05) is 6.92 Å². The summed E-state index contributed by atoms with van der Waals surface area (Å²) in [6, 6.07) is 5.17. The minimum absolute atomic E-state index is 0.0257. The van der Waals surface area contributed by atoms with Crippen LogP contribution in [0.4, 0.5) is 0 Å². The molecule has 1 aromatic carbocycles. The monoisotopic (exact) mass is 425 g/mol. The predicted molar refractivity (Wildman–Crippen MR) is 88.5 cm³/mol. The van der Waals surface area contributed by atoms with Crippen LogP contribution >= 0.6 is 45.8 Å². The first-order valence-electron chi connectivity index (χ1n) is 6.08. The fraction of sp³-hybridized carbons (Fsp3) is 0.385. The average Bonchev–Trinajstić information content (AvgIpc) is 2.88. The summed E-state index contributed by atoms with van der Waals surface area (Å²) >= 11 is 14.4. The molecule has 2 unspecified atom stereocenters. The van der Waals surface area contributed by atoms with Crippen LogP contribution in [0.15, 0.2) is 30.9 Å². The fourth-order valence-corrected chi connectivity index (χ4v) is 3.24. The van der Waals surface area contributed by atoms with Crippen LogP contribution in [0.25, 0.3) is 0 Å². The Bertz CT molecular complexity index is 577. The Morgan fingerprint density at radius 1 is 1.45 bits per heavy atom. The summed E-state index contributed by atoms with van der Waals surface area (Å²) in [4.78, 5) is 3.89. The number of aliphatic hydroxyl groups is 1. The van der Waals surface area contributed by atoms with Crippen LogP contribution in [-0.4, -0.2) is 23.8 Å². The van der Waals surface area contributed by atoms with Crippen molar-refractivity contribution in [2.45, 2.75) is 29.4 Å². The highest BCUT2D eigenvalue weighted by Gasteiger charge is 2.36. The molecule has 2 aromatic rings. The topological polar surface area (TPSA) is 50.9 Å². The van der Waals surface area contributed by atoms with Crippen LogP contribution in [0, 0.1) is 0 Å². The number of halogens is 3. The largest absolute Gasteiger partial charge is 0.384 e. The maximum absolute atomic E-state index is 11.0. The molecule has 1 heterocycles. The number of benzene rings is 1. The van der Waals surface area contributed by atoms with Gasteiger partial charge in [-0.25, -0.2) is 4.98 Å². The van der Waals surface area contributed by atoms with E-state index in [0.29, 0.717) is 28.6 Å². The first-order valence-corrected chi connectivity index (χ1v) is 8.08. The van der Waals surface area contributed by atoms with E-state index in [-0.39, 0.29) is 3.92 Å². The molecule has 0 amide bonds. The maximum Gasteiger partial charge on any atom is 0.137 e. The average molecular weight is 426 g/mol. The molecule has 0 saturated heterocycles. The molecule has 0 aliphatic carbocycles. The lowest BCUT2D eigenvalue weighted by molar-refractivity contribution is 0.0284. The number of hydrogen-bond acceptors (Lipinski definition) is 3. The van der Waals surface area contributed by atoms with E-state index in [4.69, 9.17) is 23.2 Å². The molecule has 0 saturated carbocycles. The van der Waals surface area contributed by atoms with Gasteiger partial charge in [0.25, 0.3) is 0 Å². The van der Waals surface area contributed by atoms with E-state index in [1.165, 1.54) is 6.33 Å². The fourth-order valence-electron chi connectivity index (χ4n) is 2.02. The van der Waals surface area contributed by atoms with Gasteiger partial charge in [0.1, 0.15) is 18.3 Å². The molecule has 1 aromatic heterocycles. The first kappa shape index (κ1) is 16.0. The van der Waals surface area contributed by atoms with Gasteiger partial charge in [0, 0.05) is 32.5 Å². The molecule has 0 radical (unpaired) electrons. The molecule has 7 heteroatoms. The van der Waals surface area contributed by atoms with Gasteiger partial charge in [-0.05, 0) is 12.1 Å². The van der Waals surface area contributed by atoms with E-state index >= 15 is 0 Å². The van der Waals surface area contributed by atoms with Gasteiger partial charge in [-0.3, -0.25) is 4.68 Å². The lowest BCUT2D eigenvalue weighted by Gasteiger charge is -2.32. The molecule has 0 spiro atoms. The molecule has 1 N–H and O–H groups in total. The van der Waals surface area contributed by atoms with E-state index in [0.717, 1.165) is 0 Å². The summed E-state index contributed by atoms with van der Waals surface area (Å²) in [5.41, 5.74) is -0.362. The van der Waals surface area contributed by atoms with E-state index in [1.54, 1.807) is 29.2 Å². The van der Waals surface area contributed by atoms with Gasteiger partial charge in [-0.15, -0.1) is 0 Å². The number of alkyl halides is 1. The van der Waals surface area contributed by atoms with Crippen molar-refractivity contribution >= 4 is 45.8 Å². The maximum atomic E-state index is 11.0. The molecule has 0 aliphatic rings. The Balaban J connectivity index is 2.28. The van der Waals surface area contributed by atoms with Crippen LogP contribution in [0.5, 0.6) is 0 Å². The number of aromatic nitrogens is 3. The molecular weight excluding hydrogens is 412 g/mol. The summed E-state index contributed by atoms with van der Waals surface area (Å²) in [5.74, 6) is 0. The molecule has 108 valence electrons. The Hall–Kier alpha value is -0.370. The minimum Gasteiger partial charge on any atom is -0.384 e. The third kappa shape index (κ3) is 3.44. The van der Waals surface area contributed by atoms with Gasteiger partial charge in [-0.2, -0.15) is 5.10 Å². The van der Waals surface area contributed by atoms with Gasteiger partial charge in [0.2, 0.25) is 0 Å². The van der Waals surface area contributed by atoms with Crippen molar-refractivity contribution in [3.63, 3.8) is 0 Å². The third-order valence-electron chi connectivity index (χ3n) is 3.24. The van der Waals surface area contributed by atoms with Crippen LogP contribution in [-0.2, 0) is 12.1 Å². The highest BCUT2D eigenvalue weighted by atomic mass is 127. The second-order valence-electron chi connectivity index (χ2n) is 4.57. The van der Waals surface area contributed by atoms with Gasteiger partial charge >= 0.3 is 0 Å². The molecule has 0 bridgehead atoms. The Kier molecular flexibility index (Phi) is 5.28. The van der Waals surface area contributed by atoms with Crippen molar-refractivity contribution in [1.29, 1.82) is 0 Å². The van der Waals surface area contributed by atoms with Crippen molar-refractivity contribution in [3.05, 3.63) is 46.5 Å². The van der Waals surface area contributed by atoms with E-state index in [2.05, 4.69) is 32.7 Å². The molecule has 2 atom stereocenters. The molecule has 4 nitrogen and oxygen atoms in total. The Morgan fingerprint density at radius 2 is 2.20 bits per heavy atom. The van der Waals surface area contributed by atoms with Crippen molar-refractivity contribution in [2.75, 3.05) is 0 Å². The van der Waals surface area contributed by atoms with Gasteiger partial charge in [0.05, 0.1) is 0 Å². The normalized spacial score (nSPS) is 15.8. The minimum atomic E-state index is -1.05. The highest BCUT2D eigenvalue weighted by Crippen LogP contribution is 2.38. The smallest absolute Gasteiger partial charge is 0.137 e. The molecule has 0 aliphatic heterocycles. The number of hydrogen-bond donors (Lipinski definition) is 1. The Morgan fingerprint density at radius 3 is 2.75 bits per heavy atom. The summed E-state index contributed by atoms with van der Waals surface area (Å²) in [6.45, 7) is 2.51. The third-order valence-corrected chi connectivity index (χ3v) is 4.82. The SMILES string of the molecule is CC(I)C(O)(CCn1cncn1)c1ccc(Cl)cc1Cl. The first-order chi connectivity index (χ1) is 9.43. The summed E-state index contributed by atoms with van der Waals surface area (Å²) in [7, 11) is 0. The van der Waals surface area contributed by atoms with Gasteiger partial charge < -0.3 is 5.11 Å². The molecular formula is C13H14Cl2IN3O. The second-order valence-corrected chi connectivity index (χ2v) is 7.29. The zero-order valence-corrected chi connectivity index (χ0v) is 14.5. The zero-order valence-electron chi connectivity index (χ0n) is 10.8. The standard InChI is InChI=1S/C13H14Cl2IN3O/c1-9(16)13(20,4-5-19-8-17-7-18-19)11-3-2-10(14)6-12(11)15/h2-3,6-9,20H,4-5H2,1H3. The second kappa shape index (κ2) is 6.60. The van der Waals surface area contributed by atoms with Crippen molar-refractivity contribution < 1.29 is 5.11 Å². The van der Waals surface area contributed by atoms with Crippen LogP contribution in [0.1, 0.15) is 18.9 Å². The lowest BCUT2D eigenvalue weighted by atomic mass is 9.88. The predicted octanol–water partition coefficient (Wildman–Crippen LogP) is 3.69. The summed E-state index contributed by atoms with van der Waals surface area (Å²) in [6.07, 6.45) is 3.59. The van der Waals surface area contributed by atoms with E-state index in [9.17, 15) is 5.11 Å². The number of nitrogens with zero attached hydrogens (tertiary/aromatic N) is 3. The van der Waals surface area contributed by atoms with Crippen molar-refractivity contribution in [2.24, 2.45) is 0 Å². The summed E-state index contributed by atoms with van der Waals surface area (Å²) in [5, 5.41) is 16.1. The molecule has 0 fully saturated rings. The van der Waals surface area contributed by atoms with Crippen LogP contribution < -0.4 is 0 Å². The molecule has 20 heavy (non-hydrogen) atoms. The zero-order chi connectivity index (χ0) is 14.8. The number of rotatable bonds is 5. The lowest BCUT2D eigenvalue weighted by Crippen LogP contribution is -2.35. The molecule has 2 rings (SSSR count). The van der Waals surface area contributed by atoms with Crippen LogP contribution in [0.2, 0.25) is 10.0 Å². The van der Waals surface area contributed by atoms with Gasteiger partial charge in [-0.1, -0.05) is 58.8 Å². The number of aryl methyl sites for hydroxylation is 1. The van der Waals surface area contributed by atoms with Gasteiger partial charge in [0.15, 0.2) is 0 Å². The summed E-state index contributed by atoms with van der Waals surface area (Å²) < 4.78 is 1.66. The quantitative estimate of drug-likeness (QED) is 0.587. The van der Waals surface area contributed by atoms with E-state index < -0.39 is 5.60 Å². The van der Waals surface area contributed by atoms with Crippen LogP contribution in [0.3, 0.4) is 0 Å². The van der Waals surface area contributed by atoms with Crippen molar-refractivity contribution in [1.82, 2.24) is 14.8 Å². The highest BCUT2D eigenvalue weighted by molar-refractivity contribution is 14.1. The van der Waals surface area contributed by atoms with Crippen molar-refractivity contribution in [3.8, 4) is 0 Å².